The topological polar surface area (TPSA) is 84.3 Å². The second-order valence-corrected chi connectivity index (χ2v) is 10.8. The van der Waals surface area contributed by atoms with Gasteiger partial charge in [0, 0.05) is 39.0 Å². The molecule has 0 saturated carbocycles. The van der Waals surface area contributed by atoms with E-state index in [0.29, 0.717) is 42.3 Å². The molecular weight excluding hydrogens is 424 g/mol. The van der Waals surface area contributed by atoms with Crippen molar-refractivity contribution in [1.29, 1.82) is 0 Å². The minimum absolute atomic E-state index is 0.0481. The summed E-state index contributed by atoms with van der Waals surface area (Å²) in [5.41, 5.74) is 1.61. The fourth-order valence-electron chi connectivity index (χ4n) is 4.68. The van der Waals surface area contributed by atoms with Crippen molar-refractivity contribution in [1.82, 2.24) is 19.2 Å². The summed E-state index contributed by atoms with van der Waals surface area (Å²) in [6.45, 7) is 4.80. The van der Waals surface area contributed by atoms with E-state index in [1.165, 1.54) is 0 Å². The average molecular weight is 459 g/mol. The van der Waals surface area contributed by atoms with E-state index < -0.39 is 10.0 Å². The highest BCUT2D eigenvalue weighted by atomic mass is 32.2. The van der Waals surface area contributed by atoms with Gasteiger partial charge in [-0.1, -0.05) is 19.1 Å². The zero-order valence-electron chi connectivity index (χ0n) is 18.9. The van der Waals surface area contributed by atoms with E-state index in [9.17, 15) is 13.2 Å². The van der Waals surface area contributed by atoms with Crippen LogP contribution in [0, 0.1) is 5.92 Å². The molecule has 1 aromatic heterocycles. The Morgan fingerprint density at radius 2 is 2.03 bits per heavy atom. The lowest BCUT2D eigenvalue weighted by Crippen LogP contribution is -2.30. The van der Waals surface area contributed by atoms with Crippen LogP contribution in [0.5, 0.6) is 0 Å². The summed E-state index contributed by atoms with van der Waals surface area (Å²) in [4.78, 5) is 17.5. The van der Waals surface area contributed by atoms with Crippen LogP contribution in [0.25, 0.3) is 11.0 Å². The Balaban J connectivity index is 1.47. The molecule has 1 aliphatic heterocycles. The number of nitrogens with one attached hydrogen (secondary N) is 1. The van der Waals surface area contributed by atoms with Crippen LogP contribution in [0.3, 0.4) is 0 Å². The van der Waals surface area contributed by atoms with Gasteiger partial charge in [0.2, 0.25) is 15.9 Å². The Morgan fingerprint density at radius 1 is 1.22 bits per heavy atom. The van der Waals surface area contributed by atoms with Crippen LogP contribution in [-0.2, 0) is 27.8 Å². The Hall–Kier alpha value is -2.19. The third-order valence-corrected chi connectivity index (χ3v) is 8.38. The number of carbonyl (C=O) groups is 1. The van der Waals surface area contributed by atoms with Crippen molar-refractivity contribution in [2.24, 2.45) is 5.92 Å². The standard InChI is InChI=1S/C24H34N4O3S/c1-2-14-28-22-11-10-20(32(30,31)27-15-6-7-16-27)17-21(22)26-23(28)12-13-24(29)25-18-19-8-4-3-5-9-19/h3-4,10-11,17,19H,2,5-9,12-16,18H2,1H3,(H,25,29). The molecule has 1 N–H and O–H groups in total. The van der Waals surface area contributed by atoms with E-state index in [0.717, 1.165) is 63.0 Å². The molecule has 1 amide bonds. The third kappa shape index (κ3) is 5.07. The Bertz CT molecular complexity index is 1080. The zero-order chi connectivity index (χ0) is 22.6. The summed E-state index contributed by atoms with van der Waals surface area (Å²) < 4.78 is 29.6. The Morgan fingerprint density at radius 3 is 2.75 bits per heavy atom. The van der Waals surface area contributed by atoms with Gasteiger partial charge in [0.25, 0.3) is 0 Å². The molecule has 0 bridgehead atoms. The molecular formula is C24H34N4O3S. The monoisotopic (exact) mass is 458 g/mol. The molecule has 8 heteroatoms. The largest absolute Gasteiger partial charge is 0.356 e. The minimum Gasteiger partial charge on any atom is -0.356 e. The first kappa shape index (κ1) is 23.0. The number of aromatic nitrogens is 2. The first-order valence-electron chi connectivity index (χ1n) is 11.9. The quantitative estimate of drug-likeness (QED) is 0.582. The van der Waals surface area contributed by atoms with Gasteiger partial charge in [0.1, 0.15) is 5.82 Å². The molecule has 1 aliphatic carbocycles. The van der Waals surface area contributed by atoms with Crippen LogP contribution in [0.4, 0.5) is 0 Å². The summed E-state index contributed by atoms with van der Waals surface area (Å²) in [7, 11) is -3.47. The van der Waals surface area contributed by atoms with Crippen molar-refractivity contribution >= 4 is 27.0 Å². The molecule has 0 radical (unpaired) electrons. The number of nitrogens with zero attached hydrogens (tertiary/aromatic N) is 3. The van der Waals surface area contributed by atoms with Gasteiger partial charge in [-0.2, -0.15) is 4.31 Å². The van der Waals surface area contributed by atoms with Gasteiger partial charge in [0.15, 0.2) is 0 Å². The van der Waals surface area contributed by atoms with E-state index in [1.807, 2.05) is 6.07 Å². The smallest absolute Gasteiger partial charge is 0.243 e. The van der Waals surface area contributed by atoms with E-state index >= 15 is 0 Å². The molecule has 2 aromatic rings. The zero-order valence-corrected chi connectivity index (χ0v) is 19.7. The van der Waals surface area contributed by atoms with Crippen molar-refractivity contribution < 1.29 is 13.2 Å². The number of aryl methyl sites for hydroxylation is 2. The van der Waals surface area contributed by atoms with Crippen LogP contribution in [0.2, 0.25) is 0 Å². The van der Waals surface area contributed by atoms with Gasteiger partial charge in [-0.3, -0.25) is 4.79 Å². The summed E-state index contributed by atoms with van der Waals surface area (Å²) in [6, 6.07) is 5.25. The summed E-state index contributed by atoms with van der Waals surface area (Å²) in [6.07, 6.45) is 11.4. The number of amides is 1. The normalized spacial score (nSPS) is 19.6. The maximum atomic E-state index is 12.9. The van der Waals surface area contributed by atoms with Crippen LogP contribution in [-0.4, -0.2) is 47.8 Å². The lowest BCUT2D eigenvalue weighted by molar-refractivity contribution is -0.121. The van der Waals surface area contributed by atoms with Crippen molar-refractivity contribution in [2.75, 3.05) is 19.6 Å². The number of hydrogen-bond acceptors (Lipinski definition) is 4. The number of rotatable bonds is 9. The number of carbonyl (C=O) groups excluding carboxylic acids is 1. The van der Waals surface area contributed by atoms with Gasteiger partial charge in [-0.25, -0.2) is 13.4 Å². The van der Waals surface area contributed by atoms with Crippen LogP contribution in [0.15, 0.2) is 35.2 Å². The summed E-state index contributed by atoms with van der Waals surface area (Å²) >= 11 is 0. The molecule has 2 aliphatic rings. The van der Waals surface area contributed by atoms with Gasteiger partial charge in [-0.15, -0.1) is 0 Å². The number of fused-ring (bicyclic) bond motifs is 1. The van der Waals surface area contributed by atoms with Gasteiger partial charge < -0.3 is 9.88 Å². The fraction of sp³-hybridized carbons (Fsp3) is 0.583. The SMILES string of the molecule is CCCn1c(CCC(=O)NCC2CC=CCC2)nc2cc(S(=O)(=O)N3CCCC3)ccc21. The molecule has 1 unspecified atom stereocenters. The third-order valence-electron chi connectivity index (χ3n) is 6.49. The lowest BCUT2D eigenvalue weighted by Gasteiger charge is -2.18. The summed E-state index contributed by atoms with van der Waals surface area (Å²) in [5.74, 6) is 1.42. The molecule has 7 nitrogen and oxygen atoms in total. The highest BCUT2D eigenvalue weighted by Gasteiger charge is 2.28. The van der Waals surface area contributed by atoms with Gasteiger partial charge in [-0.05, 0) is 62.6 Å². The predicted octanol–water partition coefficient (Wildman–Crippen LogP) is 3.64. The van der Waals surface area contributed by atoms with Crippen LogP contribution in [0.1, 0.15) is 57.7 Å². The number of sulfonamides is 1. The maximum absolute atomic E-state index is 12.9. The van der Waals surface area contributed by atoms with Crippen LogP contribution >= 0.6 is 0 Å². The molecule has 1 aromatic carbocycles. The highest BCUT2D eigenvalue weighted by Crippen LogP contribution is 2.26. The van der Waals surface area contributed by atoms with Crippen LogP contribution < -0.4 is 5.32 Å². The first-order valence-corrected chi connectivity index (χ1v) is 13.3. The molecule has 2 heterocycles. The Kier molecular flexibility index (Phi) is 7.30. The predicted molar refractivity (Wildman–Crippen MR) is 126 cm³/mol. The number of hydrogen-bond donors (Lipinski definition) is 1. The van der Waals surface area contributed by atoms with Crippen molar-refractivity contribution in [3.63, 3.8) is 0 Å². The fourth-order valence-corrected chi connectivity index (χ4v) is 6.21. The van der Waals surface area contributed by atoms with Crippen molar-refractivity contribution in [3.8, 4) is 0 Å². The summed E-state index contributed by atoms with van der Waals surface area (Å²) in [5, 5.41) is 3.07. The molecule has 0 spiro atoms. The number of allylic oxidation sites excluding steroid dienone is 2. The second kappa shape index (κ2) is 10.2. The molecule has 1 atom stereocenters. The van der Waals surface area contributed by atoms with E-state index in [-0.39, 0.29) is 5.91 Å². The van der Waals surface area contributed by atoms with Crippen molar-refractivity contribution in [2.45, 2.75) is 69.7 Å². The maximum Gasteiger partial charge on any atom is 0.243 e. The molecule has 32 heavy (non-hydrogen) atoms. The van der Waals surface area contributed by atoms with Gasteiger partial charge >= 0.3 is 0 Å². The molecule has 1 saturated heterocycles. The number of benzene rings is 1. The number of imidazole rings is 1. The van der Waals surface area contributed by atoms with Crippen molar-refractivity contribution in [3.05, 3.63) is 36.2 Å². The Labute approximate surface area is 190 Å². The average Bonchev–Trinajstić information content (AvgIpc) is 3.46. The first-order chi connectivity index (χ1) is 15.5. The molecule has 4 rings (SSSR count). The molecule has 174 valence electrons. The van der Waals surface area contributed by atoms with E-state index in [4.69, 9.17) is 4.98 Å². The van der Waals surface area contributed by atoms with E-state index in [1.54, 1.807) is 16.4 Å². The van der Waals surface area contributed by atoms with E-state index in [2.05, 4.69) is 29.0 Å². The van der Waals surface area contributed by atoms with Gasteiger partial charge in [0.05, 0.1) is 15.9 Å². The molecule has 1 fully saturated rings. The lowest BCUT2D eigenvalue weighted by atomic mass is 9.94. The highest BCUT2D eigenvalue weighted by molar-refractivity contribution is 7.89. The minimum atomic E-state index is -3.47. The second-order valence-electron chi connectivity index (χ2n) is 8.90.